The molecule has 4 heteroatoms. The van der Waals surface area contributed by atoms with E-state index in [9.17, 15) is 0 Å². The Kier molecular flexibility index (Phi) is 7.79. The van der Waals surface area contributed by atoms with Gasteiger partial charge in [-0.3, -0.25) is 0 Å². The molecule has 1 aromatic heterocycles. The van der Waals surface area contributed by atoms with Crippen LogP contribution in [0.25, 0.3) is 0 Å². The van der Waals surface area contributed by atoms with E-state index in [1.54, 1.807) is 28.3 Å². The first-order valence-corrected chi connectivity index (χ1v) is 10.1. The summed E-state index contributed by atoms with van der Waals surface area (Å²) in [5.74, 6) is 0. The molecule has 2 aliphatic rings. The number of aryl methyl sites for hydroxylation is 4. The van der Waals surface area contributed by atoms with Crippen molar-refractivity contribution in [1.29, 1.82) is 0 Å². The Balaban J connectivity index is 0.000000119. The maximum absolute atomic E-state index is 5.33. The van der Waals surface area contributed by atoms with Crippen molar-refractivity contribution in [3.05, 3.63) is 88.2 Å². The Labute approximate surface area is 166 Å². The van der Waals surface area contributed by atoms with Gasteiger partial charge in [-0.05, 0) is 84.9 Å². The highest BCUT2D eigenvalue weighted by Crippen LogP contribution is 2.20. The summed E-state index contributed by atoms with van der Waals surface area (Å²) in [5, 5.41) is 10.4. The van der Waals surface area contributed by atoms with Crippen LogP contribution in [0.4, 0.5) is 0 Å². The van der Waals surface area contributed by atoms with E-state index in [1.807, 2.05) is 0 Å². The maximum atomic E-state index is 5.33. The molecule has 1 heterocycles. The zero-order valence-electron chi connectivity index (χ0n) is 15.6. The highest BCUT2D eigenvalue weighted by atomic mass is 35.5. The predicted octanol–water partition coefficient (Wildman–Crippen LogP) is 5.66. The van der Waals surface area contributed by atoms with Crippen molar-refractivity contribution in [2.24, 2.45) is 0 Å². The zero-order chi connectivity index (χ0) is 18.7. The van der Waals surface area contributed by atoms with Crippen LogP contribution >= 0.6 is 11.6 Å². The second-order valence-electron chi connectivity index (χ2n) is 6.90. The number of fused-ring (bicyclic) bond motifs is 2. The van der Waals surface area contributed by atoms with Gasteiger partial charge in [-0.15, -0.1) is 10.2 Å². The van der Waals surface area contributed by atoms with E-state index in [0.717, 1.165) is 0 Å². The van der Waals surface area contributed by atoms with E-state index < -0.39 is 0 Å². The van der Waals surface area contributed by atoms with Gasteiger partial charge in [0, 0.05) is 0 Å². The van der Waals surface area contributed by atoms with E-state index in [0.29, 0.717) is 5.15 Å². The smallest absolute Gasteiger partial charge is 0.139 e. The van der Waals surface area contributed by atoms with Gasteiger partial charge in [0.2, 0.25) is 0 Å². The van der Waals surface area contributed by atoms with Gasteiger partial charge in [-0.1, -0.05) is 60.1 Å². The van der Waals surface area contributed by atoms with E-state index in [-0.39, 0.29) is 0 Å². The van der Waals surface area contributed by atoms with Gasteiger partial charge in [0.1, 0.15) is 0 Å². The fourth-order valence-corrected chi connectivity index (χ4v) is 3.67. The van der Waals surface area contributed by atoms with Crippen LogP contribution in [0.15, 0.2) is 60.8 Å². The number of hydrogen-bond acceptors (Lipinski definition) is 3. The third-order valence-electron chi connectivity index (χ3n) is 4.99. The highest BCUT2D eigenvalue weighted by molar-refractivity contribution is 6.29. The molecule has 0 radical (unpaired) electrons. The van der Waals surface area contributed by atoms with Crippen LogP contribution in [-0.2, 0) is 25.7 Å². The first-order chi connectivity index (χ1) is 13.3. The molecule has 0 N–H and O–H groups in total. The lowest BCUT2D eigenvalue weighted by molar-refractivity contribution is 0.685. The van der Waals surface area contributed by atoms with E-state index in [4.69, 9.17) is 11.6 Å². The van der Waals surface area contributed by atoms with Crippen molar-refractivity contribution in [3.8, 4) is 0 Å². The van der Waals surface area contributed by atoms with Crippen LogP contribution in [0.5, 0.6) is 0 Å². The van der Waals surface area contributed by atoms with Crippen LogP contribution in [0.1, 0.15) is 47.9 Å². The van der Waals surface area contributed by atoms with Crippen LogP contribution < -0.4 is 0 Å². The summed E-state index contributed by atoms with van der Waals surface area (Å²) < 4.78 is 0. The van der Waals surface area contributed by atoms with Gasteiger partial charge >= 0.3 is 0 Å². The van der Waals surface area contributed by atoms with Crippen LogP contribution in [0.3, 0.4) is 0 Å². The monoisotopic (exact) mass is 379 g/mol. The Morgan fingerprint density at radius 2 is 1.00 bits per heavy atom. The van der Waals surface area contributed by atoms with E-state index in [1.165, 1.54) is 57.6 Å². The van der Waals surface area contributed by atoms with Crippen molar-refractivity contribution in [2.75, 3.05) is 0 Å². The van der Waals surface area contributed by atoms with Gasteiger partial charge in [0.15, 0.2) is 5.15 Å². The number of hydrogen-bond donors (Lipinski definition) is 0. The molecule has 0 atom stereocenters. The molecular formula is C23H26ClN3. The van der Waals surface area contributed by atoms with Crippen molar-refractivity contribution >= 4 is 11.6 Å². The molecule has 3 nitrogen and oxygen atoms in total. The molecule has 3 aromatic rings. The van der Waals surface area contributed by atoms with Crippen LogP contribution in [0.2, 0.25) is 5.15 Å². The molecule has 0 saturated carbocycles. The lowest BCUT2D eigenvalue weighted by Crippen LogP contribution is -2.00. The summed E-state index contributed by atoms with van der Waals surface area (Å²) in [6, 6.07) is 19.2. The second kappa shape index (κ2) is 10.8. The van der Waals surface area contributed by atoms with Crippen LogP contribution in [0, 0.1) is 0 Å². The third-order valence-corrected chi connectivity index (χ3v) is 5.19. The predicted molar refractivity (Wildman–Crippen MR) is 111 cm³/mol. The van der Waals surface area contributed by atoms with Crippen molar-refractivity contribution in [1.82, 2.24) is 15.4 Å². The minimum atomic E-state index is 0.370. The lowest BCUT2D eigenvalue weighted by Gasteiger charge is -2.13. The lowest BCUT2D eigenvalue weighted by atomic mass is 9.92. The quantitative estimate of drug-likeness (QED) is 0.506. The molecule has 0 amide bonds. The standard InChI is InChI=1S/2C10H12.C3H2ClN3/c2*1-2-6-10-8-4-3-7-9(10)5-1;4-3-1-2-5-7-6-3/h2*1-2,5-6H,3-4,7-8H2;1-2H. The molecule has 2 aromatic carbocycles. The summed E-state index contributed by atoms with van der Waals surface area (Å²) in [5.41, 5.74) is 6.31. The first kappa shape index (κ1) is 19.5. The summed E-state index contributed by atoms with van der Waals surface area (Å²) in [7, 11) is 0. The summed E-state index contributed by atoms with van der Waals surface area (Å²) >= 11 is 5.33. The largest absolute Gasteiger partial charge is 0.155 e. The maximum Gasteiger partial charge on any atom is 0.155 e. The summed E-state index contributed by atoms with van der Waals surface area (Å²) in [6.07, 6.45) is 12.2. The zero-order valence-corrected chi connectivity index (χ0v) is 16.4. The third kappa shape index (κ3) is 6.44. The molecule has 0 saturated heterocycles. The molecule has 0 spiro atoms. The Morgan fingerprint density at radius 3 is 1.26 bits per heavy atom. The molecule has 0 aliphatic heterocycles. The van der Waals surface area contributed by atoms with Gasteiger partial charge in [-0.25, -0.2) is 0 Å². The minimum Gasteiger partial charge on any atom is -0.139 e. The molecule has 5 rings (SSSR count). The normalized spacial score (nSPS) is 14.4. The number of halogens is 1. The highest BCUT2D eigenvalue weighted by Gasteiger charge is 2.06. The first-order valence-electron chi connectivity index (χ1n) is 9.76. The van der Waals surface area contributed by atoms with E-state index in [2.05, 4.69) is 63.9 Å². The topological polar surface area (TPSA) is 38.7 Å². The molecular weight excluding hydrogens is 354 g/mol. The van der Waals surface area contributed by atoms with Crippen molar-refractivity contribution in [2.45, 2.75) is 51.4 Å². The molecule has 27 heavy (non-hydrogen) atoms. The summed E-state index contributed by atoms with van der Waals surface area (Å²) in [4.78, 5) is 0. The number of nitrogens with zero attached hydrogens (tertiary/aromatic N) is 3. The fraction of sp³-hybridized carbons (Fsp3) is 0.348. The fourth-order valence-electron chi connectivity index (χ4n) is 3.58. The number of aromatic nitrogens is 3. The van der Waals surface area contributed by atoms with Gasteiger partial charge in [0.25, 0.3) is 0 Å². The van der Waals surface area contributed by atoms with Gasteiger partial charge < -0.3 is 0 Å². The van der Waals surface area contributed by atoms with Crippen molar-refractivity contribution in [3.63, 3.8) is 0 Å². The van der Waals surface area contributed by atoms with Gasteiger partial charge in [-0.2, -0.15) is 0 Å². The SMILES string of the molecule is Clc1ccnnn1.c1ccc2c(c1)CCCC2.c1ccc2c(c1)CCCC2. The van der Waals surface area contributed by atoms with Crippen LogP contribution in [-0.4, -0.2) is 15.4 Å². The Hall–Kier alpha value is -2.26. The van der Waals surface area contributed by atoms with Crippen molar-refractivity contribution < 1.29 is 0 Å². The molecule has 2 aliphatic carbocycles. The molecule has 0 bridgehead atoms. The molecule has 0 unspecified atom stereocenters. The Bertz CT molecular complexity index is 719. The van der Waals surface area contributed by atoms with E-state index >= 15 is 0 Å². The average molecular weight is 380 g/mol. The number of rotatable bonds is 0. The molecule has 0 fully saturated rings. The summed E-state index contributed by atoms with van der Waals surface area (Å²) in [6.45, 7) is 0. The second-order valence-corrected chi connectivity index (χ2v) is 7.28. The average Bonchev–Trinajstić information content (AvgIpc) is 2.75. The Morgan fingerprint density at radius 1 is 0.593 bits per heavy atom. The molecule has 140 valence electrons. The minimum absolute atomic E-state index is 0.370. The number of benzene rings is 2. The van der Waals surface area contributed by atoms with Gasteiger partial charge in [0.05, 0.1) is 6.20 Å².